The summed E-state index contributed by atoms with van der Waals surface area (Å²) in [5, 5.41) is 7.76. The minimum atomic E-state index is -3.76. The molecule has 92 valence electrons. The van der Waals surface area contributed by atoms with Crippen molar-refractivity contribution in [2.24, 2.45) is 11.1 Å². The third kappa shape index (κ3) is 3.28. The van der Waals surface area contributed by atoms with Gasteiger partial charge in [-0.3, -0.25) is 4.79 Å². The summed E-state index contributed by atoms with van der Waals surface area (Å²) in [6.45, 7) is 0.651. The predicted molar refractivity (Wildman–Crippen MR) is 62.9 cm³/mol. The summed E-state index contributed by atoms with van der Waals surface area (Å²) >= 11 is 0. The lowest BCUT2D eigenvalue weighted by atomic mass is 10.2. The second-order valence-electron chi connectivity index (χ2n) is 4.23. The molecule has 1 fully saturated rings. The molecule has 1 amide bonds. The van der Waals surface area contributed by atoms with E-state index in [-0.39, 0.29) is 10.8 Å². The number of hydrogen-bond acceptors (Lipinski definition) is 3. The highest BCUT2D eigenvalue weighted by molar-refractivity contribution is 7.89. The first-order valence-electron chi connectivity index (χ1n) is 5.38. The van der Waals surface area contributed by atoms with Gasteiger partial charge in [-0.1, -0.05) is 6.07 Å². The quantitative estimate of drug-likeness (QED) is 0.818. The largest absolute Gasteiger partial charge is 0.352 e. The van der Waals surface area contributed by atoms with Gasteiger partial charge in [0.25, 0.3) is 5.91 Å². The minimum absolute atomic E-state index is 0.0448. The van der Waals surface area contributed by atoms with Gasteiger partial charge in [-0.15, -0.1) is 0 Å². The van der Waals surface area contributed by atoms with Crippen LogP contribution in [0.3, 0.4) is 0 Å². The van der Waals surface area contributed by atoms with Crippen molar-refractivity contribution in [3.63, 3.8) is 0 Å². The maximum absolute atomic E-state index is 11.7. The highest BCUT2D eigenvalue weighted by Crippen LogP contribution is 2.27. The summed E-state index contributed by atoms with van der Waals surface area (Å²) in [6, 6.07) is 5.73. The van der Waals surface area contributed by atoms with E-state index >= 15 is 0 Å². The maximum Gasteiger partial charge on any atom is 0.251 e. The fraction of sp³-hybridized carbons (Fsp3) is 0.364. The number of nitrogens with one attached hydrogen (secondary N) is 1. The minimum Gasteiger partial charge on any atom is -0.352 e. The SMILES string of the molecule is NS(=O)(=O)c1cccc(C(=O)NCC2CC2)c1. The number of sulfonamides is 1. The Morgan fingerprint density at radius 2 is 2.12 bits per heavy atom. The number of primary sulfonamides is 1. The van der Waals surface area contributed by atoms with E-state index in [9.17, 15) is 13.2 Å². The zero-order valence-corrected chi connectivity index (χ0v) is 10.0. The number of rotatable bonds is 4. The molecule has 1 aliphatic rings. The van der Waals surface area contributed by atoms with E-state index in [1.165, 1.54) is 18.2 Å². The van der Waals surface area contributed by atoms with Crippen molar-refractivity contribution in [2.45, 2.75) is 17.7 Å². The summed E-state index contributed by atoms with van der Waals surface area (Å²) in [7, 11) is -3.76. The Morgan fingerprint density at radius 3 is 2.71 bits per heavy atom. The lowest BCUT2D eigenvalue weighted by Crippen LogP contribution is -2.25. The van der Waals surface area contributed by atoms with Crippen LogP contribution in [0.2, 0.25) is 0 Å². The van der Waals surface area contributed by atoms with Gasteiger partial charge in [0.1, 0.15) is 0 Å². The Balaban J connectivity index is 2.11. The van der Waals surface area contributed by atoms with Crippen molar-refractivity contribution in [3.8, 4) is 0 Å². The summed E-state index contributed by atoms with van der Waals surface area (Å²) < 4.78 is 22.3. The molecule has 0 bridgehead atoms. The van der Waals surface area contributed by atoms with Crippen LogP contribution < -0.4 is 10.5 Å². The van der Waals surface area contributed by atoms with Crippen LogP contribution in [-0.4, -0.2) is 20.9 Å². The molecule has 0 unspecified atom stereocenters. The predicted octanol–water partition coefficient (Wildman–Crippen LogP) is 0.474. The van der Waals surface area contributed by atoms with Crippen molar-refractivity contribution >= 4 is 15.9 Å². The molecule has 0 heterocycles. The number of carbonyl (C=O) groups is 1. The maximum atomic E-state index is 11.7. The third-order valence-corrected chi connectivity index (χ3v) is 3.58. The van der Waals surface area contributed by atoms with Gasteiger partial charge in [-0.05, 0) is 37.0 Å². The number of nitrogens with two attached hydrogens (primary N) is 1. The molecule has 0 saturated heterocycles. The van der Waals surface area contributed by atoms with Crippen LogP contribution in [0, 0.1) is 5.92 Å². The highest BCUT2D eigenvalue weighted by Gasteiger charge is 2.22. The average Bonchev–Trinajstić information content (AvgIpc) is 3.09. The highest BCUT2D eigenvalue weighted by atomic mass is 32.2. The number of carbonyl (C=O) groups excluding carboxylic acids is 1. The summed E-state index contributed by atoms with van der Waals surface area (Å²) in [6.07, 6.45) is 2.30. The van der Waals surface area contributed by atoms with E-state index in [4.69, 9.17) is 5.14 Å². The van der Waals surface area contributed by atoms with E-state index < -0.39 is 10.0 Å². The molecule has 0 aromatic heterocycles. The molecule has 0 spiro atoms. The number of benzene rings is 1. The Hall–Kier alpha value is -1.40. The molecular weight excluding hydrogens is 240 g/mol. The summed E-state index contributed by atoms with van der Waals surface area (Å²) in [5.74, 6) is 0.322. The van der Waals surface area contributed by atoms with Crippen LogP contribution in [0.25, 0.3) is 0 Å². The smallest absolute Gasteiger partial charge is 0.251 e. The molecule has 1 aromatic rings. The van der Waals surface area contributed by atoms with E-state index in [2.05, 4.69) is 5.32 Å². The molecule has 0 atom stereocenters. The van der Waals surface area contributed by atoms with Crippen LogP contribution in [0.5, 0.6) is 0 Å². The standard InChI is InChI=1S/C11H14N2O3S/c12-17(15,16)10-3-1-2-9(6-10)11(14)13-7-8-4-5-8/h1-3,6,8H,4-5,7H2,(H,13,14)(H2,12,15,16). The fourth-order valence-electron chi connectivity index (χ4n) is 1.48. The molecule has 0 radical (unpaired) electrons. The Labute approximate surface area is 100 Å². The van der Waals surface area contributed by atoms with E-state index in [1.807, 2.05) is 0 Å². The molecule has 17 heavy (non-hydrogen) atoms. The van der Waals surface area contributed by atoms with Gasteiger partial charge in [0.05, 0.1) is 4.90 Å². The molecule has 6 heteroatoms. The monoisotopic (exact) mass is 254 g/mol. The van der Waals surface area contributed by atoms with Gasteiger partial charge in [0.2, 0.25) is 10.0 Å². The Kier molecular flexibility index (Phi) is 3.17. The van der Waals surface area contributed by atoms with Crippen LogP contribution in [0.15, 0.2) is 29.2 Å². The van der Waals surface area contributed by atoms with Gasteiger partial charge in [0, 0.05) is 12.1 Å². The van der Waals surface area contributed by atoms with Gasteiger partial charge in [0.15, 0.2) is 0 Å². The van der Waals surface area contributed by atoms with E-state index in [0.29, 0.717) is 18.0 Å². The van der Waals surface area contributed by atoms with E-state index in [1.54, 1.807) is 6.07 Å². The van der Waals surface area contributed by atoms with Crippen LogP contribution in [0.1, 0.15) is 23.2 Å². The summed E-state index contributed by atoms with van der Waals surface area (Å²) in [4.78, 5) is 11.7. The molecule has 1 saturated carbocycles. The molecule has 1 aromatic carbocycles. The molecular formula is C11H14N2O3S. The van der Waals surface area contributed by atoms with Crippen molar-refractivity contribution in [1.82, 2.24) is 5.32 Å². The summed E-state index contributed by atoms with van der Waals surface area (Å²) in [5.41, 5.74) is 0.317. The lowest BCUT2D eigenvalue weighted by Gasteiger charge is -2.05. The topological polar surface area (TPSA) is 89.3 Å². The molecule has 5 nitrogen and oxygen atoms in total. The molecule has 2 rings (SSSR count). The second-order valence-corrected chi connectivity index (χ2v) is 5.79. The molecule has 1 aliphatic carbocycles. The first-order chi connectivity index (χ1) is 7.97. The van der Waals surface area contributed by atoms with Crippen LogP contribution >= 0.6 is 0 Å². The lowest BCUT2D eigenvalue weighted by molar-refractivity contribution is 0.0951. The van der Waals surface area contributed by atoms with Gasteiger partial charge >= 0.3 is 0 Å². The molecule has 0 aliphatic heterocycles. The fourth-order valence-corrected chi connectivity index (χ4v) is 2.03. The zero-order valence-electron chi connectivity index (χ0n) is 9.22. The van der Waals surface area contributed by atoms with Crippen molar-refractivity contribution in [2.75, 3.05) is 6.54 Å². The third-order valence-electron chi connectivity index (χ3n) is 2.67. The van der Waals surface area contributed by atoms with Crippen LogP contribution in [-0.2, 0) is 10.0 Å². The van der Waals surface area contributed by atoms with Crippen molar-refractivity contribution in [3.05, 3.63) is 29.8 Å². The van der Waals surface area contributed by atoms with Crippen LogP contribution in [0.4, 0.5) is 0 Å². The Bertz CT molecular complexity index is 535. The van der Waals surface area contributed by atoms with Gasteiger partial charge in [-0.2, -0.15) is 0 Å². The second kappa shape index (κ2) is 4.46. The van der Waals surface area contributed by atoms with Crippen molar-refractivity contribution < 1.29 is 13.2 Å². The Morgan fingerprint density at radius 1 is 1.41 bits per heavy atom. The first kappa shape index (κ1) is 12.1. The first-order valence-corrected chi connectivity index (χ1v) is 6.92. The number of hydrogen-bond donors (Lipinski definition) is 2. The normalized spacial score (nSPS) is 15.6. The van der Waals surface area contributed by atoms with Gasteiger partial charge < -0.3 is 5.32 Å². The van der Waals surface area contributed by atoms with Gasteiger partial charge in [-0.25, -0.2) is 13.6 Å². The number of amides is 1. The van der Waals surface area contributed by atoms with Crippen molar-refractivity contribution in [1.29, 1.82) is 0 Å². The molecule has 3 N–H and O–H groups in total. The van der Waals surface area contributed by atoms with E-state index in [0.717, 1.165) is 12.8 Å². The zero-order chi connectivity index (χ0) is 12.5. The average molecular weight is 254 g/mol.